The van der Waals surface area contributed by atoms with Crippen LogP contribution in [-0.2, 0) is 6.42 Å². The molecule has 0 spiro atoms. The molecule has 1 unspecified atom stereocenters. The first-order valence-corrected chi connectivity index (χ1v) is 6.80. The number of hydrogen-bond acceptors (Lipinski definition) is 2. The third-order valence-corrected chi connectivity index (χ3v) is 3.95. The van der Waals surface area contributed by atoms with Gasteiger partial charge in [-0.25, -0.2) is 0 Å². The maximum atomic E-state index is 10.4. The first-order valence-electron chi connectivity index (χ1n) is 6.42. The molecule has 0 bridgehead atoms. The van der Waals surface area contributed by atoms with Crippen molar-refractivity contribution in [1.82, 2.24) is 0 Å². The fraction of sp³-hybridized carbons (Fsp3) is 0.250. The van der Waals surface area contributed by atoms with Gasteiger partial charge in [-0.3, -0.25) is 0 Å². The Morgan fingerprint density at radius 1 is 1.16 bits per heavy atom. The largest absolute Gasteiger partial charge is 0.384 e. The molecular weight excluding hydrogens is 258 g/mol. The molecule has 0 saturated heterocycles. The third kappa shape index (κ3) is 2.34. The summed E-state index contributed by atoms with van der Waals surface area (Å²) in [6.45, 7) is 1.05. The second kappa shape index (κ2) is 4.87. The van der Waals surface area contributed by atoms with Gasteiger partial charge < -0.3 is 10.0 Å². The number of nitrogens with zero attached hydrogens (tertiary/aromatic N) is 1. The molecule has 1 heterocycles. The van der Waals surface area contributed by atoms with Gasteiger partial charge in [0.1, 0.15) is 6.10 Å². The Hall–Kier alpha value is -1.51. The van der Waals surface area contributed by atoms with Crippen molar-refractivity contribution >= 4 is 17.3 Å². The first-order chi connectivity index (χ1) is 9.15. The minimum absolute atomic E-state index is 0.616. The van der Waals surface area contributed by atoms with E-state index in [2.05, 4.69) is 24.1 Å². The van der Waals surface area contributed by atoms with E-state index in [4.69, 9.17) is 11.6 Å². The Balaban J connectivity index is 1.94. The van der Waals surface area contributed by atoms with E-state index in [0.717, 1.165) is 24.1 Å². The minimum atomic E-state index is -0.616. The predicted molar refractivity (Wildman–Crippen MR) is 78.9 cm³/mol. The lowest BCUT2D eigenvalue weighted by atomic mass is 9.99. The molecule has 0 aromatic heterocycles. The van der Waals surface area contributed by atoms with E-state index in [1.54, 1.807) is 0 Å². The van der Waals surface area contributed by atoms with Crippen LogP contribution < -0.4 is 4.90 Å². The van der Waals surface area contributed by atoms with Crippen LogP contribution in [0.1, 0.15) is 22.8 Å². The first kappa shape index (κ1) is 12.5. The van der Waals surface area contributed by atoms with E-state index in [-0.39, 0.29) is 0 Å². The zero-order chi connectivity index (χ0) is 13.4. The van der Waals surface area contributed by atoms with E-state index in [1.807, 2.05) is 30.3 Å². The highest BCUT2D eigenvalue weighted by Gasteiger charge is 2.18. The van der Waals surface area contributed by atoms with Crippen molar-refractivity contribution < 1.29 is 5.11 Å². The minimum Gasteiger partial charge on any atom is -0.384 e. The number of aliphatic hydroxyl groups is 1. The zero-order valence-corrected chi connectivity index (χ0v) is 11.6. The van der Waals surface area contributed by atoms with Crippen molar-refractivity contribution in [3.05, 3.63) is 64.2 Å². The predicted octanol–water partition coefficient (Wildman–Crippen LogP) is 3.41. The smallest absolute Gasteiger partial charge is 0.104 e. The van der Waals surface area contributed by atoms with Gasteiger partial charge in [0, 0.05) is 24.3 Å². The number of fused-ring (bicyclic) bond motifs is 1. The van der Waals surface area contributed by atoms with Gasteiger partial charge in [-0.05, 0) is 41.3 Å². The van der Waals surface area contributed by atoms with Crippen molar-refractivity contribution in [2.24, 2.45) is 0 Å². The lowest BCUT2D eigenvalue weighted by Crippen LogP contribution is -2.12. The summed E-state index contributed by atoms with van der Waals surface area (Å²) >= 11 is 5.97. The van der Waals surface area contributed by atoms with Crippen molar-refractivity contribution in [2.45, 2.75) is 12.5 Å². The van der Waals surface area contributed by atoms with Gasteiger partial charge in [-0.15, -0.1) is 0 Å². The summed E-state index contributed by atoms with van der Waals surface area (Å²) in [6, 6.07) is 13.6. The highest BCUT2D eigenvalue weighted by atomic mass is 35.5. The molecule has 1 aliphatic heterocycles. The van der Waals surface area contributed by atoms with Crippen molar-refractivity contribution in [1.29, 1.82) is 0 Å². The molecule has 0 amide bonds. The molecule has 2 nitrogen and oxygen atoms in total. The Morgan fingerprint density at radius 3 is 2.74 bits per heavy atom. The number of halogens is 1. The van der Waals surface area contributed by atoms with E-state index in [1.165, 1.54) is 11.3 Å². The monoisotopic (exact) mass is 273 g/mol. The van der Waals surface area contributed by atoms with Crippen molar-refractivity contribution in [2.75, 3.05) is 18.5 Å². The third-order valence-electron chi connectivity index (χ3n) is 3.71. The van der Waals surface area contributed by atoms with Crippen LogP contribution in [0, 0.1) is 0 Å². The van der Waals surface area contributed by atoms with E-state index in [9.17, 15) is 5.11 Å². The van der Waals surface area contributed by atoms with Crippen LogP contribution >= 0.6 is 11.6 Å². The number of hydrogen-bond donors (Lipinski definition) is 1. The van der Waals surface area contributed by atoms with Crippen LogP contribution in [0.5, 0.6) is 0 Å². The lowest BCUT2D eigenvalue weighted by Gasteiger charge is -2.15. The Morgan fingerprint density at radius 2 is 1.95 bits per heavy atom. The fourth-order valence-electron chi connectivity index (χ4n) is 2.63. The molecule has 2 aromatic rings. The summed E-state index contributed by atoms with van der Waals surface area (Å²) in [6.07, 6.45) is 0.428. The average Bonchev–Trinajstić information content (AvgIpc) is 2.79. The topological polar surface area (TPSA) is 23.5 Å². The molecular formula is C16H16ClNO. The van der Waals surface area contributed by atoms with Crippen LogP contribution in [0.4, 0.5) is 5.69 Å². The van der Waals surface area contributed by atoms with Gasteiger partial charge in [0.2, 0.25) is 0 Å². The van der Waals surface area contributed by atoms with Gasteiger partial charge in [-0.2, -0.15) is 0 Å². The molecule has 0 radical (unpaired) electrons. The van der Waals surface area contributed by atoms with Gasteiger partial charge in [0.05, 0.1) is 0 Å². The Bertz CT molecular complexity index is 611. The molecule has 1 N–H and O–H groups in total. The van der Waals surface area contributed by atoms with E-state index in [0.29, 0.717) is 5.02 Å². The van der Waals surface area contributed by atoms with E-state index < -0.39 is 6.10 Å². The van der Waals surface area contributed by atoms with Crippen LogP contribution in [0.2, 0.25) is 5.02 Å². The summed E-state index contributed by atoms with van der Waals surface area (Å²) in [5, 5.41) is 11.1. The van der Waals surface area contributed by atoms with Gasteiger partial charge in [0.15, 0.2) is 0 Å². The standard InChI is InChI=1S/C16H16ClNO/c1-18-8-7-11-9-13(5-6-15(11)18)16(19)12-3-2-4-14(17)10-12/h2-6,9-10,16,19H,7-8H2,1H3. The van der Waals surface area contributed by atoms with Gasteiger partial charge in [0.25, 0.3) is 0 Å². The average molecular weight is 274 g/mol. The molecule has 0 aliphatic carbocycles. The quantitative estimate of drug-likeness (QED) is 0.906. The van der Waals surface area contributed by atoms with Crippen LogP contribution in [0.25, 0.3) is 0 Å². The van der Waals surface area contributed by atoms with Crippen LogP contribution in [0.3, 0.4) is 0 Å². The molecule has 3 heteroatoms. The lowest BCUT2D eigenvalue weighted by molar-refractivity contribution is 0.220. The van der Waals surface area contributed by atoms with Crippen molar-refractivity contribution in [3.8, 4) is 0 Å². The number of aliphatic hydroxyl groups excluding tert-OH is 1. The molecule has 0 saturated carbocycles. The van der Waals surface area contributed by atoms with Crippen LogP contribution in [-0.4, -0.2) is 18.7 Å². The highest BCUT2D eigenvalue weighted by Crippen LogP contribution is 2.31. The number of anilines is 1. The second-order valence-corrected chi connectivity index (χ2v) is 5.45. The summed E-state index contributed by atoms with van der Waals surface area (Å²) in [7, 11) is 2.10. The summed E-state index contributed by atoms with van der Waals surface area (Å²) in [4.78, 5) is 2.24. The fourth-order valence-corrected chi connectivity index (χ4v) is 2.82. The molecule has 19 heavy (non-hydrogen) atoms. The molecule has 0 fully saturated rings. The summed E-state index contributed by atoms with van der Waals surface area (Å²) in [5.74, 6) is 0. The normalized spacial score (nSPS) is 15.4. The summed E-state index contributed by atoms with van der Waals surface area (Å²) < 4.78 is 0. The van der Waals surface area contributed by atoms with Gasteiger partial charge >= 0.3 is 0 Å². The Kier molecular flexibility index (Phi) is 3.21. The molecule has 2 aromatic carbocycles. The SMILES string of the molecule is CN1CCc2cc(C(O)c3cccc(Cl)c3)ccc21. The molecule has 1 aliphatic rings. The summed E-state index contributed by atoms with van der Waals surface area (Å²) in [5.41, 5.74) is 4.33. The van der Waals surface area contributed by atoms with Crippen LogP contribution in [0.15, 0.2) is 42.5 Å². The maximum Gasteiger partial charge on any atom is 0.104 e. The number of likely N-dealkylation sites (N-methyl/N-ethyl adjacent to an activating group) is 1. The highest BCUT2D eigenvalue weighted by molar-refractivity contribution is 6.30. The molecule has 98 valence electrons. The Labute approximate surface area is 118 Å². The van der Waals surface area contributed by atoms with Crippen molar-refractivity contribution in [3.63, 3.8) is 0 Å². The van der Waals surface area contributed by atoms with E-state index >= 15 is 0 Å². The molecule has 3 rings (SSSR count). The second-order valence-electron chi connectivity index (χ2n) is 5.02. The maximum absolute atomic E-state index is 10.4. The number of benzene rings is 2. The van der Waals surface area contributed by atoms with Gasteiger partial charge in [-0.1, -0.05) is 35.9 Å². The number of rotatable bonds is 2. The molecule has 1 atom stereocenters. The zero-order valence-electron chi connectivity index (χ0n) is 10.8.